The SMILES string of the molecule is CC(C)(C)C(O)=Cc1nc2cc(F)c(F)cc2[nH]c1=O. The number of aromatic amines is 1. The van der Waals surface area contributed by atoms with E-state index in [4.69, 9.17) is 0 Å². The van der Waals surface area contributed by atoms with Crippen LogP contribution in [0.3, 0.4) is 0 Å². The number of nitrogens with zero attached hydrogens (tertiary/aromatic N) is 1. The van der Waals surface area contributed by atoms with Gasteiger partial charge in [-0.1, -0.05) is 20.8 Å². The molecule has 0 aliphatic carbocycles. The fourth-order valence-corrected chi connectivity index (χ4v) is 1.54. The number of benzene rings is 1. The topological polar surface area (TPSA) is 66.0 Å². The van der Waals surface area contributed by atoms with Crippen molar-refractivity contribution in [1.82, 2.24) is 9.97 Å². The molecule has 0 saturated carbocycles. The van der Waals surface area contributed by atoms with Crippen molar-refractivity contribution in [2.75, 3.05) is 0 Å². The lowest BCUT2D eigenvalue weighted by atomic mass is 9.93. The number of hydrogen-bond acceptors (Lipinski definition) is 3. The van der Waals surface area contributed by atoms with E-state index in [0.717, 1.165) is 12.1 Å². The molecule has 0 radical (unpaired) electrons. The van der Waals surface area contributed by atoms with Gasteiger partial charge in [-0.2, -0.15) is 0 Å². The molecule has 0 aliphatic rings. The van der Waals surface area contributed by atoms with E-state index in [1.165, 1.54) is 6.08 Å². The van der Waals surface area contributed by atoms with Crippen LogP contribution in [0.25, 0.3) is 17.1 Å². The summed E-state index contributed by atoms with van der Waals surface area (Å²) in [5, 5.41) is 9.87. The molecule has 0 aliphatic heterocycles. The Morgan fingerprint density at radius 3 is 2.50 bits per heavy atom. The maximum Gasteiger partial charge on any atom is 0.274 e. The van der Waals surface area contributed by atoms with Crippen molar-refractivity contribution in [2.24, 2.45) is 5.41 Å². The van der Waals surface area contributed by atoms with E-state index in [9.17, 15) is 18.7 Å². The number of halogens is 2. The van der Waals surface area contributed by atoms with Crippen LogP contribution >= 0.6 is 0 Å². The zero-order valence-electron chi connectivity index (χ0n) is 11.3. The first-order valence-electron chi connectivity index (χ1n) is 5.98. The molecular formula is C14H14F2N2O2. The van der Waals surface area contributed by atoms with Crippen molar-refractivity contribution in [3.63, 3.8) is 0 Å². The summed E-state index contributed by atoms with van der Waals surface area (Å²) >= 11 is 0. The van der Waals surface area contributed by atoms with Crippen molar-refractivity contribution in [2.45, 2.75) is 20.8 Å². The molecule has 1 heterocycles. The molecule has 106 valence electrons. The minimum atomic E-state index is -1.06. The zero-order chi connectivity index (χ0) is 15.1. The van der Waals surface area contributed by atoms with Crippen molar-refractivity contribution in [1.29, 1.82) is 0 Å². The van der Waals surface area contributed by atoms with Crippen LogP contribution in [0.4, 0.5) is 8.78 Å². The number of allylic oxidation sites excluding steroid dienone is 1. The fourth-order valence-electron chi connectivity index (χ4n) is 1.54. The number of H-pyrrole nitrogens is 1. The fraction of sp³-hybridized carbons (Fsp3) is 0.286. The molecule has 2 rings (SSSR count). The molecule has 6 heteroatoms. The predicted octanol–water partition coefficient (Wildman–Crippen LogP) is 3.15. The summed E-state index contributed by atoms with van der Waals surface area (Å²) in [6.07, 6.45) is 1.22. The summed E-state index contributed by atoms with van der Waals surface area (Å²) in [5.74, 6) is -2.14. The van der Waals surface area contributed by atoms with Crippen molar-refractivity contribution >= 4 is 17.1 Å². The number of aromatic nitrogens is 2. The quantitative estimate of drug-likeness (QED) is 0.789. The van der Waals surface area contributed by atoms with Gasteiger partial charge >= 0.3 is 0 Å². The van der Waals surface area contributed by atoms with Crippen LogP contribution < -0.4 is 5.56 Å². The Morgan fingerprint density at radius 2 is 1.90 bits per heavy atom. The summed E-state index contributed by atoms with van der Waals surface area (Å²) in [7, 11) is 0. The lowest BCUT2D eigenvalue weighted by Crippen LogP contribution is -2.15. The molecule has 2 N–H and O–H groups in total. The summed E-state index contributed by atoms with van der Waals surface area (Å²) in [6, 6.07) is 1.77. The van der Waals surface area contributed by atoms with E-state index in [2.05, 4.69) is 9.97 Å². The maximum absolute atomic E-state index is 13.2. The molecule has 0 bridgehead atoms. The Morgan fingerprint density at radius 1 is 1.30 bits per heavy atom. The third-order valence-electron chi connectivity index (χ3n) is 2.80. The molecule has 0 saturated heterocycles. The van der Waals surface area contributed by atoms with Crippen LogP contribution in [0.5, 0.6) is 0 Å². The lowest BCUT2D eigenvalue weighted by Gasteiger charge is -2.16. The summed E-state index contributed by atoms with van der Waals surface area (Å²) < 4.78 is 26.2. The number of rotatable bonds is 1. The number of hydrogen-bond donors (Lipinski definition) is 2. The molecule has 1 aromatic heterocycles. The zero-order valence-corrected chi connectivity index (χ0v) is 11.3. The van der Waals surface area contributed by atoms with E-state index in [1.807, 2.05) is 0 Å². The van der Waals surface area contributed by atoms with E-state index in [0.29, 0.717) is 0 Å². The molecule has 20 heavy (non-hydrogen) atoms. The highest BCUT2D eigenvalue weighted by atomic mass is 19.2. The second-order valence-corrected chi connectivity index (χ2v) is 5.51. The minimum absolute atomic E-state index is 0.0302. The van der Waals surface area contributed by atoms with Crippen LogP contribution in [0.15, 0.2) is 22.7 Å². The van der Waals surface area contributed by atoms with Gasteiger partial charge in [-0.3, -0.25) is 4.79 Å². The van der Waals surface area contributed by atoms with Gasteiger partial charge in [0.15, 0.2) is 11.6 Å². The Hall–Kier alpha value is -2.24. The van der Waals surface area contributed by atoms with Gasteiger partial charge in [0, 0.05) is 23.6 Å². The molecular weight excluding hydrogens is 266 g/mol. The number of fused-ring (bicyclic) bond motifs is 1. The molecule has 1 aromatic carbocycles. The maximum atomic E-state index is 13.2. The molecule has 0 unspecified atom stereocenters. The normalized spacial score (nSPS) is 12.9. The summed E-state index contributed by atoms with van der Waals surface area (Å²) in [4.78, 5) is 18.1. The predicted molar refractivity (Wildman–Crippen MR) is 72.3 cm³/mol. The van der Waals surface area contributed by atoms with Gasteiger partial charge in [0.05, 0.1) is 16.8 Å². The van der Waals surface area contributed by atoms with Crippen LogP contribution in [0.2, 0.25) is 0 Å². The van der Waals surface area contributed by atoms with E-state index in [1.54, 1.807) is 20.8 Å². The van der Waals surface area contributed by atoms with E-state index in [-0.39, 0.29) is 22.5 Å². The number of aliphatic hydroxyl groups excluding tert-OH is 1. The van der Waals surface area contributed by atoms with E-state index < -0.39 is 22.6 Å². The second kappa shape index (κ2) is 4.70. The first-order valence-corrected chi connectivity index (χ1v) is 5.98. The van der Waals surface area contributed by atoms with Crippen LogP contribution in [0.1, 0.15) is 26.5 Å². The molecule has 0 spiro atoms. The van der Waals surface area contributed by atoms with Crippen molar-refractivity contribution < 1.29 is 13.9 Å². The molecule has 0 atom stereocenters. The van der Waals surface area contributed by atoms with Gasteiger partial charge in [-0.15, -0.1) is 0 Å². The smallest absolute Gasteiger partial charge is 0.274 e. The van der Waals surface area contributed by atoms with Gasteiger partial charge in [0.25, 0.3) is 5.56 Å². The van der Waals surface area contributed by atoms with Crippen LogP contribution in [-0.2, 0) is 0 Å². The van der Waals surface area contributed by atoms with Gasteiger partial charge in [-0.25, -0.2) is 13.8 Å². The number of aliphatic hydroxyl groups is 1. The van der Waals surface area contributed by atoms with Crippen LogP contribution in [0, 0.1) is 17.0 Å². The van der Waals surface area contributed by atoms with Gasteiger partial charge in [0.2, 0.25) is 0 Å². The largest absolute Gasteiger partial charge is 0.512 e. The monoisotopic (exact) mass is 280 g/mol. The number of nitrogens with one attached hydrogen (secondary N) is 1. The Balaban J connectivity index is 2.65. The molecule has 4 nitrogen and oxygen atoms in total. The average molecular weight is 280 g/mol. The van der Waals surface area contributed by atoms with E-state index >= 15 is 0 Å². The second-order valence-electron chi connectivity index (χ2n) is 5.51. The van der Waals surface area contributed by atoms with Gasteiger partial charge in [0.1, 0.15) is 5.69 Å². The highest BCUT2D eigenvalue weighted by molar-refractivity contribution is 5.75. The highest BCUT2D eigenvalue weighted by Crippen LogP contribution is 2.24. The average Bonchev–Trinajstić information content (AvgIpc) is 2.31. The summed E-state index contributed by atoms with van der Waals surface area (Å²) in [6.45, 7) is 5.30. The first kappa shape index (κ1) is 14.2. The molecule has 2 aromatic rings. The minimum Gasteiger partial charge on any atom is -0.512 e. The Kier molecular flexibility index (Phi) is 3.33. The van der Waals surface area contributed by atoms with Crippen molar-refractivity contribution in [3.05, 3.63) is 45.6 Å². The Bertz CT molecular complexity index is 758. The first-order chi connectivity index (χ1) is 9.18. The standard InChI is InChI=1S/C14H14F2N2O2/c1-14(2,3)12(19)6-11-13(20)18-10-5-8(16)7(15)4-9(10)17-11/h4-6,19H,1-3H3,(H,18,20). The molecule has 0 amide bonds. The van der Waals surface area contributed by atoms with Crippen molar-refractivity contribution in [3.8, 4) is 0 Å². The van der Waals surface area contributed by atoms with Gasteiger partial charge < -0.3 is 10.1 Å². The summed E-state index contributed by atoms with van der Waals surface area (Å²) in [5.41, 5.74) is -0.982. The molecule has 0 fully saturated rings. The van der Waals surface area contributed by atoms with Crippen LogP contribution in [-0.4, -0.2) is 15.1 Å². The highest BCUT2D eigenvalue weighted by Gasteiger charge is 2.17. The third-order valence-corrected chi connectivity index (χ3v) is 2.80. The third kappa shape index (κ3) is 2.68. The Labute approximate surface area is 113 Å². The van der Waals surface area contributed by atoms with Gasteiger partial charge in [-0.05, 0) is 0 Å². The lowest BCUT2D eigenvalue weighted by molar-refractivity contribution is 0.282.